The molecule has 0 spiro atoms. The molecule has 0 radical (unpaired) electrons. The van der Waals surface area contributed by atoms with Gasteiger partial charge in [-0.05, 0) is 31.2 Å². The second-order valence-electron chi connectivity index (χ2n) is 5.42. The van der Waals surface area contributed by atoms with E-state index in [2.05, 4.69) is 35.7 Å². The van der Waals surface area contributed by atoms with Crippen molar-refractivity contribution < 1.29 is 4.52 Å². The summed E-state index contributed by atoms with van der Waals surface area (Å²) in [4.78, 5) is 17.4. The van der Waals surface area contributed by atoms with Crippen LogP contribution in [0.3, 0.4) is 0 Å². The third-order valence-corrected chi connectivity index (χ3v) is 3.46. The number of nitrogens with one attached hydrogen (secondary N) is 2. The Balaban J connectivity index is 0.00000261. The number of halogens is 1. The highest BCUT2D eigenvalue weighted by Gasteiger charge is 2.09. The largest absolute Gasteiger partial charge is 0.357 e. The fraction of sp³-hybridized carbons (Fsp3) is 0.278. The minimum absolute atomic E-state index is 0. The van der Waals surface area contributed by atoms with Crippen LogP contribution < -0.4 is 10.6 Å². The summed E-state index contributed by atoms with van der Waals surface area (Å²) in [6, 6.07) is 11.4. The van der Waals surface area contributed by atoms with E-state index in [-0.39, 0.29) is 24.0 Å². The van der Waals surface area contributed by atoms with Crippen molar-refractivity contribution in [1.82, 2.24) is 30.7 Å². The Hall–Kier alpha value is -2.56. The van der Waals surface area contributed by atoms with Gasteiger partial charge in [0.05, 0.1) is 12.2 Å². The zero-order valence-corrected chi connectivity index (χ0v) is 17.3. The van der Waals surface area contributed by atoms with Gasteiger partial charge in [0.2, 0.25) is 0 Å². The molecule has 8 nitrogen and oxygen atoms in total. The molecule has 3 aromatic heterocycles. The highest BCUT2D eigenvalue weighted by molar-refractivity contribution is 14.0. The summed E-state index contributed by atoms with van der Waals surface area (Å²) in [6.45, 7) is 3.95. The molecule has 0 unspecified atom stereocenters. The minimum atomic E-state index is 0. The maximum atomic E-state index is 5.26. The molecule has 0 fully saturated rings. The van der Waals surface area contributed by atoms with Gasteiger partial charge in [0.1, 0.15) is 5.69 Å². The molecule has 3 rings (SSSR count). The molecule has 0 saturated carbocycles. The van der Waals surface area contributed by atoms with E-state index in [0.29, 0.717) is 36.9 Å². The molecule has 27 heavy (non-hydrogen) atoms. The van der Waals surface area contributed by atoms with Gasteiger partial charge in [0.25, 0.3) is 5.89 Å². The summed E-state index contributed by atoms with van der Waals surface area (Å²) in [5.74, 6) is 1.78. The van der Waals surface area contributed by atoms with Crippen LogP contribution in [0.15, 0.2) is 58.3 Å². The molecular weight excluding hydrogens is 457 g/mol. The predicted octanol–water partition coefficient (Wildman–Crippen LogP) is 2.44. The Morgan fingerprint density at radius 1 is 1.07 bits per heavy atom. The Labute approximate surface area is 174 Å². The maximum absolute atomic E-state index is 5.26. The lowest BCUT2D eigenvalue weighted by molar-refractivity contribution is 0.421. The predicted molar refractivity (Wildman–Crippen MR) is 114 cm³/mol. The number of nitrogens with zero attached hydrogens (tertiary/aromatic N) is 5. The topological polar surface area (TPSA) is 101 Å². The lowest BCUT2D eigenvalue weighted by atomic mass is 10.3. The lowest BCUT2D eigenvalue weighted by Crippen LogP contribution is -2.38. The average molecular weight is 479 g/mol. The van der Waals surface area contributed by atoms with Gasteiger partial charge in [-0.1, -0.05) is 17.3 Å². The highest BCUT2D eigenvalue weighted by atomic mass is 127. The molecule has 0 bridgehead atoms. The minimum Gasteiger partial charge on any atom is -0.357 e. The van der Waals surface area contributed by atoms with E-state index in [1.165, 1.54) is 0 Å². The summed E-state index contributed by atoms with van der Waals surface area (Å²) in [5.41, 5.74) is 1.59. The SMILES string of the molecule is CCNC(=NCc1ccccn1)NCCc1noc(-c2ccccn2)n1.I. The van der Waals surface area contributed by atoms with Crippen LogP contribution in [0.1, 0.15) is 18.4 Å². The van der Waals surface area contributed by atoms with Crippen molar-refractivity contribution in [3.8, 4) is 11.6 Å². The molecule has 142 valence electrons. The third-order valence-electron chi connectivity index (χ3n) is 3.46. The van der Waals surface area contributed by atoms with E-state index >= 15 is 0 Å². The molecule has 0 atom stereocenters. The molecule has 0 aliphatic carbocycles. The standard InChI is InChI=1S/C18H21N7O.HI/c1-2-19-18(23-13-14-7-3-5-10-20-14)22-12-9-16-24-17(26-25-16)15-8-4-6-11-21-15;/h3-8,10-11H,2,9,12-13H2,1H3,(H2,19,22,23);1H. The van der Waals surface area contributed by atoms with Crippen LogP contribution in [0.25, 0.3) is 11.6 Å². The molecule has 9 heteroatoms. The van der Waals surface area contributed by atoms with E-state index < -0.39 is 0 Å². The molecule has 0 amide bonds. The first-order chi connectivity index (χ1) is 12.8. The summed E-state index contributed by atoms with van der Waals surface area (Å²) in [7, 11) is 0. The zero-order valence-electron chi connectivity index (χ0n) is 15.0. The van der Waals surface area contributed by atoms with Gasteiger partial charge in [-0.2, -0.15) is 4.98 Å². The Kier molecular flexibility index (Phi) is 8.62. The van der Waals surface area contributed by atoms with Gasteiger partial charge >= 0.3 is 0 Å². The first-order valence-corrected chi connectivity index (χ1v) is 8.51. The fourth-order valence-corrected chi connectivity index (χ4v) is 2.23. The molecule has 0 saturated heterocycles. The van der Waals surface area contributed by atoms with E-state index in [9.17, 15) is 0 Å². The maximum Gasteiger partial charge on any atom is 0.276 e. The third kappa shape index (κ3) is 6.59. The molecular formula is C18H22IN7O. The van der Waals surface area contributed by atoms with Crippen molar-refractivity contribution >= 4 is 29.9 Å². The second kappa shape index (κ2) is 11.2. The zero-order chi connectivity index (χ0) is 18.0. The highest BCUT2D eigenvalue weighted by Crippen LogP contribution is 2.13. The quantitative estimate of drug-likeness (QED) is 0.305. The van der Waals surface area contributed by atoms with Crippen LogP contribution in [0, 0.1) is 0 Å². The van der Waals surface area contributed by atoms with Crippen LogP contribution in [-0.4, -0.2) is 39.2 Å². The first kappa shape index (κ1) is 20.7. The molecule has 0 aliphatic heterocycles. The Morgan fingerprint density at radius 3 is 2.59 bits per heavy atom. The van der Waals surface area contributed by atoms with Gasteiger partial charge in [-0.3, -0.25) is 9.97 Å². The van der Waals surface area contributed by atoms with Crippen LogP contribution in [-0.2, 0) is 13.0 Å². The molecule has 0 aliphatic rings. The summed E-state index contributed by atoms with van der Waals surface area (Å²) in [6.07, 6.45) is 4.08. The molecule has 0 aromatic carbocycles. The van der Waals surface area contributed by atoms with Gasteiger partial charge in [-0.15, -0.1) is 24.0 Å². The van der Waals surface area contributed by atoms with E-state index in [4.69, 9.17) is 4.52 Å². The van der Waals surface area contributed by atoms with Crippen LogP contribution >= 0.6 is 24.0 Å². The number of aliphatic imine (C=N–C) groups is 1. The van der Waals surface area contributed by atoms with Crippen molar-refractivity contribution in [2.45, 2.75) is 19.9 Å². The number of hydrogen-bond donors (Lipinski definition) is 2. The number of rotatable bonds is 7. The Morgan fingerprint density at radius 2 is 1.89 bits per heavy atom. The van der Waals surface area contributed by atoms with E-state index in [1.54, 1.807) is 12.4 Å². The van der Waals surface area contributed by atoms with Crippen LogP contribution in [0.5, 0.6) is 0 Å². The number of hydrogen-bond acceptors (Lipinski definition) is 6. The molecule has 2 N–H and O–H groups in total. The van der Waals surface area contributed by atoms with Gasteiger partial charge in [-0.25, -0.2) is 4.99 Å². The van der Waals surface area contributed by atoms with E-state index in [0.717, 1.165) is 18.2 Å². The normalized spacial score (nSPS) is 10.9. The van der Waals surface area contributed by atoms with E-state index in [1.807, 2.05) is 43.3 Å². The van der Waals surface area contributed by atoms with Crippen molar-refractivity contribution in [3.05, 3.63) is 60.3 Å². The smallest absolute Gasteiger partial charge is 0.276 e. The number of guanidine groups is 1. The Bertz CT molecular complexity index is 824. The summed E-state index contributed by atoms with van der Waals surface area (Å²) in [5, 5.41) is 10.5. The lowest BCUT2D eigenvalue weighted by Gasteiger charge is -2.10. The monoisotopic (exact) mass is 479 g/mol. The molecule has 3 aromatic rings. The van der Waals surface area contributed by atoms with Gasteiger partial charge in [0, 0.05) is 31.9 Å². The summed E-state index contributed by atoms with van der Waals surface area (Å²) < 4.78 is 5.26. The van der Waals surface area contributed by atoms with Crippen molar-refractivity contribution in [2.75, 3.05) is 13.1 Å². The average Bonchev–Trinajstić information content (AvgIpc) is 3.16. The van der Waals surface area contributed by atoms with Crippen LogP contribution in [0.2, 0.25) is 0 Å². The second-order valence-corrected chi connectivity index (χ2v) is 5.42. The summed E-state index contributed by atoms with van der Waals surface area (Å²) >= 11 is 0. The first-order valence-electron chi connectivity index (χ1n) is 8.51. The van der Waals surface area contributed by atoms with Crippen LogP contribution in [0.4, 0.5) is 0 Å². The van der Waals surface area contributed by atoms with Crippen molar-refractivity contribution in [2.24, 2.45) is 4.99 Å². The van der Waals surface area contributed by atoms with Gasteiger partial charge < -0.3 is 15.2 Å². The van der Waals surface area contributed by atoms with Crippen molar-refractivity contribution in [1.29, 1.82) is 0 Å². The fourth-order valence-electron chi connectivity index (χ4n) is 2.23. The molecule has 3 heterocycles. The number of aromatic nitrogens is 4. The number of pyridine rings is 2. The van der Waals surface area contributed by atoms with Gasteiger partial charge in [0.15, 0.2) is 11.8 Å². The van der Waals surface area contributed by atoms with Crippen molar-refractivity contribution in [3.63, 3.8) is 0 Å².